The SMILES string of the molecule is COc1ccc(Cl)cc1Nc1c(N)cccc1C(N)=O. The normalized spacial score (nSPS) is 10.1. The molecule has 0 aliphatic heterocycles. The van der Waals surface area contributed by atoms with Crippen molar-refractivity contribution in [3.05, 3.63) is 47.0 Å². The number of nitrogens with two attached hydrogens (primary N) is 2. The number of carbonyl (C=O) groups is 1. The minimum Gasteiger partial charge on any atom is -0.495 e. The number of anilines is 3. The van der Waals surface area contributed by atoms with Gasteiger partial charge in [-0.05, 0) is 30.3 Å². The molecule has 1 amide bonds. The van der Waals surface area contributed by atoms with Gasteiger partial charge >= 0.3 is 0 Å². The average Bonchev–Trinajstić information content (AvgIpc) is 2.41. The number of carbonyl (C=O) groups excluding carboxylic acids is 1. The van der Waals surface area contributed by atoms with Gasteiger partial charge in [0.25, 0.3) is 5.91 Å². The predicted molar refractivity (Wildman–Crippen MR) is 80.7 cm³/mol. The molecule has 0 saturated heterocycles. The number of hydrogen-bond acceptors (Lipinski definition) is 4. The van der Waals surface area contributed by atoms with E-state index in [-0.39, 0.29) is 0 Å². The largest absolute Gasteiger partial charge is 0.495 e. The number of methoxy groups -OCH3 is 1. The van der Waals surface area contributed by atoms with Crippen molar-refractivity contribution in [2.24, 2.45) is 5.73 Å². The monoisotopic (exact) mass is 291 g/mol. The maximum atomic E-state index is 11.5. The van der Waals surface area contributed by atoms with Gasteiger partial charge in [-0.2, -0.15) is 0 Å². The third-order valence-corrected chi connectivity index (χ3v) is 3.02. The molecule has 0 aliphatic carbocycles. The molecule has 2 aromatic carbocycles. The fourth-order valence-electron chi connectivity index (χ4n) is 1.83. The third-order valence-electron chi connectivity index (χ3n) is 2.78. The number of nitrogens with one attached hydrogen (secondary N) is 1. The van der Waals surface area contributed by atoms with Crippen LogP contribution in [0.4, 0.5) is 17.1 Å². The fourth-order valence-corrected chi connectivity index (χ4v) is 2.00. The minimum atomic E-state index is -0.569. The summed E-state index contributed by atoms with van der Waals surface area (Å²) < 4.78 is 5.23. The van der Waals surface area contributed by atoms with E-state index in [9.17, 15) is 4.79 Å². The highest BCUT2D eigenvalue weighted by atomic mass is 35.5. The topological polar surface area (TPSA) is 90.4 Å². The molecule has 5 N–H and O–H groups in total. The number of para-hydroxylation sites is 1. The quantitative estimate of drug-likeness (QED) is 0.756. The van der Waals surface area contributed by atoms with Gasteiger partial charge in [0.2, 0.25) is 0 Å². The van der Waals surface area contributed by atoms with E-state index in [4.69, 9.17) is 27.8 Å². The van der Waals surface area contributed by atoms with E-state index in [1.165, 1.54) is 7.11 Å². The van der Waals surface area contributed by atoms with Gasteiger partial charge < -0.3 is 21.5 Å². The number of benzene rings is 2. The number of halogens is 1. The second-order valence-corrected chi connectivity index (χ2v) is 4.54. The molecule has 0 spiro atoms. The number of primary amides is 1. The summed E-state index contributed by atoms with van der Waals surface area (Å²) in [5.41, 5.74) is 13.0. The lowest BCUT2D eigenvalue weighted by Gasteiger charge is -2.15. The number of hydrogen-bond donors (Lipinski definition) is 3. The minimum absolute atomic E-state index is 0.298. The van der Waals surface area contributed by atoms with Crippen molar-refractivity contribution in [1.82, 2.24) is 0 Å². The summed E-state index contributed by atoms with van der Waals surface area (Å²) in [6.45, 7) is 0. The number of amides is 1. The van der Waals surface area contributed by atoms with Crippen molar-refractivity contribution in [1.29, 1.82) is 0 Å². The Bertz CT molecular complexity index is 659. The first-order valence-electron chi connectivity index (χ1n) is 5.81. The van der Waals surface area contributed by atoms with Crippen molar-refractivity contribution in [2.45, 2.75) is 0 Å². The summed E-state index contributed by atoms with van der Waals surface area (Å²) in [6, 6.07) is 10.0. The molecule has 0 bridgehead atoms. The lowest BCUT2D eigenvalue weighted by atomic mass is 10.1. The van der Waals surface area contributed by atoms with Crippen LogP contribution in [0.1, 0.15) is 10.4 Å². The van der Waals surface area contributed by atoms with Gasteiger partial charge in [-0.25, -0.2) is 0 Å². The van der Waals surface area contributed by atoms with Crippen LogP contribution in [0.3, 0.4) is 0 Å². The van der Waals surface area contributed by atoms with Crippen LogP contribution >= 0.6 is 11.6 Å². The van der Waals surface area contributed by atoms with Crippen LogP contribution in [-0.2, 0) is 0 Å². The standard InChI is InChI=1S/C14H14ClN3O2/c1-20-12-6-5-8(15)7-11(12)18-13-9(14(17)19)3-2-4-10(13)16/h2-7,18H,16H2,1H3,(H2,17,19). The van der Waals surface area contributed by atoms with E-state index in [1.807, 2.05) is 0 Å². The van der Waals surface area contributed by atoms with Crippen molar-refractivity contribution in [3.63, 3.8) is 0 Å². The van der Waals surface area contributed by atoms with Crippen LogP contribution in [0, 0.1) is 0 Å². The molecule has 0 aromatic heterocycles. The molecule has 104 valence electrons. The van der Waals surface area contributed by atoms with Crippen LogP contribution in [0.15, 0.2) is 36.4 Å². The predicted octanol–water partition coefficient (Wildman–Crippen LogP) is 2.77. The molecule has 0 atom stereocenters. The van der Waals surface area contributed by atoms with Crippen molar-refractivity contribution >= 4 is 34.6 Å². The summed E-state index contributed by atoms with van der Waals surface area (Å²) >= 11 is 5.96. The third kappa shape index (κ3) is 2.78. The van der Waals surface area contributed by atoms with Crippen LogP contribution in [0.2, 0.25) is 5.02 Å². The molecule has 2 rings (SSSR count). The van der Waals surface area contributed by atoms with Crippen molar-refractivity contribution in [2.75, 3.05) is 18.2 Å². The first-order chi connectivity index (χ1) is 9.52. The summed E-state index contributed by atoms with van der Waals surface area (Å²) in [6.07, 6.45) is 0. The molecule has 6 heteroatoms. The molecular weight excluding hydrogens is 278 g/mol. The van der Waals surface area contributed by atoms with E-state index in [0.29, 0.717) is 33.4 Å². The van der Waals surface area contributed by atoms with Crippen LogP contribution in [0.25, 0.3) is 0 Å². The lowest BCUT2D eigenvalue weighted by molar-refractivity contribution is 0.100. The van der Waals surface area contributed by atoms with Crippen LogP contribution < -0.4 is 21.5 Å². The van der Waals surface area contributed by atoms with Gasteiger partial charge in [0.05, 0.1) is 29.7 Å². The molecule has 5 nitrogen and oxygen atoms in total. The van der Waals surface area contributed by atoms with Gasteiger partial charge in [0, 0.05) is 5.02 Å². The Morgan fingerprint density at radius 1 is 1.30 bits per heavy atom. The lowest BCUT2D eigenvalue weighted by Crippen LogP contribution is -2.14. The Kier molecular flexibility index (Phi) is 4.00. The molecular formula is C14H14ClN3O2. The Labute approximate surface area is 121 Å². The molecule has 0 heterocycles. The molecule has 0 saturated carbocycles. The van der Waals surface area contributed by atoms with E-state index >= 15 is 0 Å². The summed E-state index contributed by atoms with van der Waals surface area (Å²) in [4.78, 5) is 11.5. The Balaban J connectivity index is 2.50. The van der Waals surface area contributed by atoms with E-state index < -0.39 is 5.91 Å². The maximum Gasteiger partial charge on any atom is 0.250 e. The smallest absolute Gasteiger partial charge is 0.250 e. The highest BCUT2D eigenvalue weighted by Crippen LogP contribution is 2.34. The zero-order chi connectivity index (χ0) is 14.7. The van der Waals surface area contributed by atoms with Gasteiger partial charge in [0.15, 0.2) is 0 Å². The second kappa shape index (κ2) is 5.71. The average molecular weight is 292 g/mol. The molecule has 20 heavy (non-hydrogen) atoms. The Morgan fingerprint density at radius 2 is 2.05 bits per heavy atom. The van der Waals surface area contributed by atoms with Crippen LogP contribution in [-0.4, -0.2) is 13.0 Å². The maximum absolute atomic E-state index is 11.5. The van der Waals surface area contributed by atoms with Gasteiger partial charge in [-0.3, -0.25) is 4.79 Å². The van der Waals surface area contributed by atoms with Crippen molar-refractivity contribution < 1.29 is 9.53 Å². The molecule has 0 aliphatic rings. The van der Waals surface area contributed by atoms with E-state index in [2.05, 4.69) is 5.32 Å². The molecule has 0 fully saturated rings. The van der Waals surface area contributed by atoms with Gasteiger partial charge in [-0.1, -0.05) is 17.7 Å². The fraction of sp³-hybridized carbons (Fsp3) is 0.0714. The number of ether oxygens (including phenoxy) is 1. The first kappa shape index (κ1) is 14.0. The number of rotatable bonds is 4. The van der Waals surface area contributed by atoms with Gasteiger partial charge in [0.1, 0.15) is 5.75 Å². The summed E-state index contributed by atoms with van der Waals surface area (Å²) in [5, 5.41) is 3.58. The zero-order valence-corrected chi connectivity index (χ0v) is 11.6. The van der Waals surface area contributed by atoms with E-state index in [1.54, 1.807) is 36.4 Å². The molecule has 0 radical (unpaired) electrons. The van der Waals surface area contributed by atoms with Gasteiger partial charge in [-0.15, -0.1) is 0 Å². The summed E-state index contributed by atoms with van der Waals surface area (Å²) in [7, 11) is 1.54. The van der Waals surface area contributed by atoms with E-state index in [0.717, 1.165) is 0 Å². The molecule has 0 unspecified atom stereocenters. The zero-order valence-electron chi connectivity index (χ0n) is 10.8. The van der Waals surface area contributed by atoms with Crippen molar-refractivity contribution in [3.8, 4) is 5.75 Å². The second-order valence-electron chi connectivity index (χ2n) is 4.10. The summed E-state index contributed by atoms with van der Waals surface area (Å²) in [5.74, 6) is 0.00821. The Morgan fingerprint density at radius 3 is 2.70 bits per heavy atom. The highest BCUT2D eigenvalue weighted by molar-refractivity contribution is 6.31. The highest BCUT2D eigenvalue weighted by Gasteiger charge is 2.13. The Hall–Kier alpha value is -2.40. The van der Waals surface area contributed by atoms with Crippen LogP contribution in [0.5, 0.6) is 5.75 Å². The first-order valence-corrected chi connectivity index (χ1v) is 6.19. The number of nitrogen functional groups attached to an aromatic ring is 1. The molecule has 2 aromatic rings.